The zero-order valence-electron chi connectivity index (χ0n) is 15.1. The van der Waals surface area contributed by atoms with E-state index in [0.29, 0.717) is 41.0 Å². The fourth-order valence-corrected chi connectivity index (χ4v) is 3.71. The van der Waals surface area contributed by atoms with Crippen LogP contribution < -0.4 is 11.2 Å². The monoisotopic (exact) mass is 397 g/mol. The van der Waals surface area contributed by atoms with Gasteiger partial charge >= 0.3 is 5.69 Å². The van der Waals surface area contributed by atoms with Crippen LogP contribution in [0.3, 0.4) is 0 Å². The predicted octanol–water partition coefficient (Wildman–Crippen LogP) is 2.15. The maximum atomic E-state index is 13.1. The van der Waals surface area contributed by atoms with Gasteiger partial charge in [0.25, 0.3) is 5.56 Å². The van der Waals surface area contributed by atoms with Crippen LogP contribution in [0, 0.1) is 0 Å². The maximum absolute atomic E-state index is 13.1. The summed E-state index contributed by atoms with van der Waals surface area (Å²) in [6.45, 7) is -0.402. The van der Waals surface area contributed by atoms with E-state index in [1.54, 1.807) is 24.3 Å². The highest BCUT2D eigenvalue weighted by molar-refractivity contribution is 6.30. The number of aromatic nitrogens is 3. The van der Waals surface area contributed by atoms with E-state index < -0.39 is 17.8 Å². The lowest BCUT2D eigenvalue weighted by Gasteiger charge is -2.18. The van der Waals surface area contributed by atoms with Crippen LogP contribution in [0.4, 0.5) is 0 Å². The highest BCUT2D eigenvalue weighted by Crippen LogP contribution is 2.25. The molecular formula is C20H16ClN3O4. The van der Waals surface area contributed by atoms with Gasteiger partial charge in [-0.05, 0) is 42.7 Å². The minimum absolute atomic E-state index is 0.0623. The van der Waals surface area contributed by atoms with E-state index in [-0.39, 0.29) is 22.6 Å². The Bertz CT molecular complexity index is 1260. The summed E-state index contributed by atoms with van der Waals surface area (Å²) in [7, 11) is 1.50. The van der Waals surface area contributed by atoms with Gasteiger partial charge in [0.05, 0.1) is 11.9 Å². The molecule has 0 aliphatic heterocycles. The van der Waals surface area contributed by atoms with Crippen LogP contribution in [0.1, 0.15) is 39.1 Å². The van der Waals surface area contributed by atoms with E-state index >= 15 is 0 Å². The Labute approximate surface area is 164 Å². The van der Waals surface area contributed by atoms with Crippen molar-refractivity contribution in [2.75, 3.05) is 0 Å². The van der Waals surface area contributed by atoms with Crippen molar-refractivity contribution in [2.45, 2.75) is 25.8 Å². The number of rotatable bonds is 3. The highest BCUT2D eigenvalue weighted by atomic mass is 35.5. The second-order valence-corrected chi connectivity index (χ2v) is 7.23. The van der Waals surface area contributed by atoms with Crippen LogP contribution in [0.2, 0.25) is 5.02 Å². The van der Waals surface area contributed by atoms with Crippen LogP contribution in [-0.2, 0) is 20.0 Å². The van der Waals surface area contributed by atoms with Gasteiger partial charge in [-0.1, -0.05) is 11.6 Å². The zero-order valence-corrected chi connectivity index (χ0v) is 15.8. The van der Waals surface area contributed by atoms with Crippen LogP contribution >= 0.6 is 11.6 Å². The number of benzene rings is 1. The number of carbonyl (C=O) groups is 2. The van der Waals surface area contributed by atoms with E-state index in [9.17, 15) is 19.2 Å². The highest BCUT2D eigenvalue weighted by Gasteiger charge is 2.24. The number of pyridine rings is 1. The number of nitrogens with zero attached hydrogens (tertiary/aromatic N) is 3. The van der Waals surface area contributed by atoms with Crippen molar-refractivity contribution in [3.05, 3.63) is 73.0 Å². The van der Waals surface area contributed by atoms with E-state index in [4.69, 9.17) is 11.6 Å². The van der Waals surface area contributed by atoms with Crippen molar-refractivity contribution in [2.24, 2.45) is 7.05 Å². The summed E-state index contributed by atoms with van der Waals surface area (Å²) < 4.78 is 2.14. The fourth-order valence-electron chi connectivity index (χ4n) is 3.58. The van der Waals surface area contributed by atoms with Crippen molar-refractivity contribution in [1.82, 2.24) is 14.1 Å². The van der Waals surface area contributed by atoms with Crippen LogP contribution in [0.15, 0.2) is 40.1 Å². The van der Waals surface area contributed by atoms with Gasteiger partial charge in [-0.2, -0.15) is 0 Å². The Morgan fingerprint density at radius 1 is 1.14 bits per heavy atom. The number of fused-ring (bicyclic) bond motifs is 3. The molecule has 0 radical (unpaired) electrons. The standard InChI is InChI=1S/C20H16ClN3O4/c1-23-18-17(13-3-2-4-15(25)14(13)9-22-18)19(27)24(20(23)28)10-16(26)11-5-7-12(21)8-6-11/h5-9H,2-4,10H2,1H3. The third-order valence-corrected chi connectivity index (χ3v) is 5.31. The minimum atomic E-state index is -0.630. The molecule has 0 N–H and O–H groups in total. The lowest BCUT2D eigenvalue weighted by atomic mass is 9.90. The topological polar surface area (TPSA) is 91.0 Å². The first kappa shape index (κ1) is 18.3. The number of ketones is 2. The van der Waals surface area contributed by atoms with Crippen molar-refractivity contribution in [1.29, 1.82) is 0 Å². The first-order valence-corrected chi connectivity index (χ1v) is 9.19. The van der Waals surface area contributed by atoms with Crippen LogP contribution in [-0.4, -0.2) is 25.7 Å². The molecule has 1 aromatic carbocycles. The van der Waals surface area contributed by atoms with Gasteiger partial charge in [0, 0.05) is 35.8 Å². The van der Waals surface area contributed by atoms with Gasteiger partial charge in [-0.15, -0.1) is 0 Å². The molecule has 0 unspecified atom stereocenters. The third-order valence-electron chi connectivity index (χ3n) is 5.06. The molecule has 0 bridgehead atoms. The Balaban J connectivity index is 1.90. The van der Waals surface area contributed by atoms with Crippen molar-refractivity contribution in [3.8, 4) is 0 Å². The van der Waals surface area contributed by atoms with Gasteiger partial charge in [-0.3, -0.25) is 23.5 Å². The number of carbonyl (C=O) groups excluding carboxylic acids is 2. The van der Waals surface area contributed by atoms with Gasteiger partial charge in [0.1, 0.15) is 5.65 Å². The lowest BCUT2D eigenvalue weighted by molar-refractivity contribution is 0.0961. The number of hydrogen-bond acceptors (Lipinski definition) is 5. The SMILES string of the molecule is Cn1c(=O)n(CC(=O)c2ccc(Cl)cc2)c(=O)c2c3c(cnc21)C(=O)CCC3. The van der Waals surface area contributed by atoms with E-state index in [1.165, 1.54) is 17.8 Å². The van der Waals surface area contributed by atoms with Gasteiger partial charge < -0.3 is 0 Å². The molecule has 4 rings (SSSR count). The Kier molecular flexibility index (Phi) is 4.47. The average Bonchev–Trinajstić information content (AvgIpc) is 2.69. The van der Waals surface area contributed by atoms with Gasteiger partial charge in [-0.25, -0.2) is 9.78 Å². The molecule has 3 aromatic rings. The van der Waals surface area contributed by atoms with Crippen molar-refractivity contribution >= 4 is 34.2 Å². The molecule has 1 aliphatic rings. The van der Waals surface area contributed by atoms with Crippen LogP contribution in [0.25, 0.3) is 11.0 Å². The summed E-state index contributed by atoms with van der Waals surface area (Å²) in [5.41, 5.74) is 0.369. The number of halogens is 1. The molecule has 0 saturated heterocycles. The zero-order chi connectivity index (χ0) is 20.0. The lowest BCUT2D eigenvalue weighted by Crippen LogP contribution is -2.41. The molecule has 0 fully saturated rings. The van der Waals surface area contributed by atoms with E-state index in [0.717, 1.165) is 4.57 Å². The fraction of sp³-hybridized carbons (Fsp3) is 0.250. The first-order valence-electron chi connectivity index (χ1n) is 8.82. The average molecular weight is 398 g/mol. The predicted molar refractivity (Wildman–Crippen MR) is 104 cm³/mol. The van der Waals surface area contributed by atoms with Gasteiger partial charge in [0.15, 0.2) is 11.6 Å². The molecule has 1 aliphatic carbocycles. The third kappa shape index (κ3) is 2.88. The van der Waals surface area contributed by atoms with Crippen molar-refractivity contribution < 1.29 is 9.59 Å². The molecule has 7 nitrogen and oxygen atoms in total. The van der Waals surface area contributed by atoms with E-state index in [2.05, 4.69) is 4.98 Å². The number of aryl methyl sites for hydroxylation is 2. The molecule has 142 valence electrons. The smallest absolute Gasteiger partial charge is 0.294 e. The molecule has 0 amide bonds. The Hall–Kier alpha value is -3.06. The maximum Gasteiger partial charge on any atom is 0.332 e. The summed E-state index contributed by atoms with van der Waals surface area (Å²) >= 11 is 5.84. The number of hydrogen-bond donors (Lipinski definition) is 0. The molecule has 2 aromatic heterocycles. The minimum Gasteiger partial charge on any atom is -0.294 e. The molecular weight excluding hydrogens is 382 g/mol. The van der Waals surface area contributed by atoms with Crippen LogP contribution in [0.5, 0.6) is 0 Å². The molecule has 0 spiro atoms. The molecule has 0 atom stereocenters. The quantitative estimate of drug-likeness (QED) is 0.631. The number of Topliss-reactive ketones (excluding diaryl/α,β-unsaturated/α-hetero) is 2. The molecule has 28 heavy (non-hydrogen) atoms. The van der Waals surface area contributed by atoms with Gasteiger partial charge in [0.2, 0.25) is 0 Å². The summed E-state index contributed by atoms with van der Waals surface area (Å²) in [6.07, 6.45) is 3.03. The molecule has 8 heteroatoms. The van der Waals surface area contributed by atoms with Crippen molar-refractivity contribution in [3.63, 3.8) is 0 Å². The second-order valence-electron chi connectivity index (χ2n) is 6.79. The summed E-state index contributed by atoms with van der Waals surface area (Å²) in [5, 5.41) is 0.717. The first-order chi connectivity index (χ1) is 13.4. The normalized spacial score (nSPS) is 13.6. The Morgan fingerprint density at radius 3 is 2.57 bits per heavy atom. The Morgan fingerprint density at radius 2 is 1.86 bits per heavy atom. The summed E-state index contributed by atoms with van der Waals surface area (Å²) in [4.78, 5) is 54.8. The largest absolute Gasteiger partial charge is 0.332 e. The second kappa shape index (κ2) is 6.83. The van der Waals surface area contributed by atoms with E-state index in [1.807, 2.05) is 0 Å². The molecule has 0 saturated carbocycles. The summed E-state index contributed by atoms with van der Waals surface area (Å²) in [5.74, 6) is -0.447. The summed E-state index contributed by atoms with van der Waals surface area (Å²) in [6, 6.07) is 6.23. The molecule has 2 heterocycles.